The molecule has 1 N–H and O–H groups in total. The summed E-state index contributed by atoms with van der Waals surface area (Å²) in [6.07, 6.45) is 2.49. The normalized spacial score (nSPS) is 20.3. The largest absolute Gasteiger partial charge is 0.489 e. The van der Waals surface area contributed by atoms with Crippen LogP contribution in [0.4, 0.5) is 0 Å². The fourth-order valence-corrected chi connectivity index (χ4v) is 2.32. The van der Waals surface area contributed by atoms with E-state index in [1.54, 1.807) is 0 Å². The van der Waals surface area contributed by atoms with E-state index in [-0.39, 0.29) is 12.4 Å². The number of nitrogens with one attached hydrogen (secondary N) is 1. The molecule has 0 bridgehead atoms. The molecule has 1 fully saturated rings. The van der Waals surface area contributed by atoms with E-state index in [2.05, 4.69) is 19.2 Å². The van der Waals surface area contributed by atoms with Crippen LogP contribution in [0.15, 0.2) is 18.2 Å². The zero-order chi connectivity index (χ0) is 12.3. The first kappa shape index (κ1) is 15.6. The molecule has 0 amide bonds. The molecule has 1 saturated heterocycles. The van der Waals surface area contributed by atoms with E-state index in [4.69, 9.17) is 16.3 Å². The first-order valence-corrected chi connectivity index (χ1v) is 6.75. The van der Waals surface area contributed by atoms with E-state index in [1.165, 1.54) is 5.56 Å². The lowest BCUT2D eigenvalue weighted by atomic mass is 9.97. The Bertz CT molecular complexity index is 378. The van der Waals surface area contributed by atoms with Crippen LogP contribution >= 0.6 is 24.0 Å². The third-order valence-corrected chi connectivity index (χ3v) is 3.66. The van der Waals surface area contributed by atoms with Crippen molar-refractivity contribution in [3.63, 3.8) is 0 Å². The summed E-state index contributed by atoms with van der Waals surface area (Å²) in [4.78, 5) is 0. The maximum atomic E-state index is 6.07. The first-order valence-electron chi connectivity index (χ1n) is 6.37. The molecule has 2 rings (SSSR count). The molecule has 1 aromatic rings. The van der Waals surface area contributed by atoms with Crippen molar-refractivity contribution in [3.8, 4) is 5.75 Å². The van der Waals surface area contributed by atoms with Crippen LogP contribution in [0.3, 0.4) is 0 Å². The smallest absolute Gasteiger partial charge is 0.123 e. The highest BCUT2D eigenvalue weighted by molar-refractivity contribution is 6.30. The Morgan fingerprint density at radius 3 is 2.89 bits per heavy atom. The molecule has 18 heavy (non-hydrogen) atoms. The van der Waals surface area contributed by atoms with Crippen molar-refractivity contribution < 1.29 is 4.74 Å². The van der Waals surface area contributed by atoms with Crippen molar-refractivity contribution in [2.24, 2.45) is 0 Å². The van der Waals surface area contributed by atoms with E-state index < -0.39 is 0 Å². The van der Waals surface area contributed by atoms with E-state index in [1.807, 2.05) is 18.2 Å². The Morgan fingerprint density at radius 2 is 2.28 bits per heavy atom. The quantitative estimate of drug-likeness (QED) is 0.904. The highest BCUT2D eigenvalue weighted by atomic mass is 35.5. The predicted molar refractivity (Wildman–Crippen MR) is 79.3 cm³/mol. The third-order valence-electron chi connectivity index (χ3n) is 3.42. The molecule has 0 aliphatic carbocycles. The van der Waals surface area contributed by atoms with Gasteiger partial charge in [-0.1, -0.05) is 25.4 Å². The minimum Gasteiger partial charge on any atom is -0.489 e. The second kappa shape index (κ2) is 7.22. The Labute approximate surface area is 120 Å². The first-order chi connectivity index (χ1) is 8.20. The summed E-state index contributed by atoms with van der Waals surface area (Å²) in [6.45, 7) is 6.40. The van der Waals surface area contributed by atoms with Crippen LogP contribution in [-0.2, 0) is 0 Å². The Kier molecular flexibility index (Phi) is 6.27. The Balaban J connectivity index is 0.00000162. The summed E-state index contributed by atoms with van der Waals surface area (Å²) in [5.41, 5.74) is 1.23. The number of ether oxygens (including phenoxy) is 1. The minimum absolute atomic E-state index is 0. The Morgan fingerprint density at radius 1 is 1.50 bits per heavy atom. The molecule has 2 nitrogen and oxygen atoms in total. The summed E-state index contributed by atoms with van der Waals surface area (Å²) in [5.74, 6) is 1.48. The monoisotopic (exact) mass is 289 g/mol. The number of hydrogen-bond acceptors (Lipinski definition) is 2. The second-order valence-electron chi connectivity index (χ2n) is 4.72. The second-order valence-corrected chi connectivity index (χ2v) is 5.16. The number of hydrogen-bond donors (Lipinski definition) is 1. The fourth-order valence-electron chi connectivity index (χ4n) is 2.14. The summed E-state index contributed by atoms with van der Waals surface area (Å²) >= 11 is 6.07. The van der Waals surface area contributed by atoms with Gasteiger partial charge >= 0.3 is 0 Å². The maximum Gasteiger partial charge on any atom is 0.123 e. The van der Waals surface area contributed by atoms with Crippen molar-refractivity contribution in [2.45, 2.75) is 38.7 Å². The molecule has 2 unspecified atom stereocenters. The van der Waals surface area contributed by atoms with Crippen molar-refractivity contribution in [1.29, 1.82) is 0 Å². The molecule has 1 aliphatic heterocycles. The van der Waals surface area contributed by atoms with E-state index in [0.29, 0.717) is 12.0 Å². The number of halogens is 2. The minimum atomic E-state index is 0. The SMILES string of the molecule is CCC(C)c1cc(Cl)ccc1OC1CCNC1.Cl. The molecule has 0 saturated carbocycles. The molecule has 0 radical (unpaired) electrons. The van der Waals surface area contributed by atoms with Gasteiger partial charge in [-0.25, -0.2) is 0 Å². The van der Waals surface area contributed by atoms with Crippen LogP contribution in [-0.4, -0.2) is 19.2 Å². The standard InChI is InChI=1S/C14H20ClNO.ClH/c1-3-10(2)13-8-11(15)4-5-14(13)17-12-6-7-16-9-12;/h4-5,8,10,12,16H,3,6-7,9H2,1-2H3;1H. The van der Waals surface area contributed by atoms with Gasteiger partial charge in [0.2, 0.25) is 0 Å². The zero-order valence-electron chi connectivity index (χ0n) is 10.9. The van der Waals surface area contributed by atoms with Crippen LogP contribution in [0.5, 0.6) is 5.75 Å². The van der Waals surface area contributed by atoms with Gasteiger partial charge in [0.25, 0.3) is 0 Å². The topological polar surface area (TPSA) is 21.3 Å². The third kappa shape index (κ3) is 3.78. The van der Waals surface area contributed by atoms with Gasteiger partial charge in [0.15, 0.2) is 0 Å². The Hall–Kier alpha value is -0.440. The summed E-state index contributed by atoms with van der Waals surface area (Å²) in [6, 6.07) is 5.95. The van der Waals surface area contributed by atoms with Crippen molar-refractivity contribution in [3.05, 3.63) is 28.8 Å². The van der Waals surface area contributed by atoms with Gasteiger partial charge in [-0.2, -0.15) is 0 Å². The maximum absolute atomic E-state index is 6.07. The summed E-state index contributed by atoms with van der Waals surface area (Å²) in [5, 5.41) is 4.10. The van der Waals surface area contributed by atoms with Gasteiger partial charge in [0.1, 0.15) is 11.9 Å². The van der Waals surface area contributed by atoms with Crippen molar-refractivity contribution in [2.75, 3.05) is 13.1 Å². The van der Waals surface area contributed by atoms with Gasteiger partial charge in [0, 0.05) is 11.6 Å². The summed E-state index contributed by atoms with van der Waals surface area (Å²) < 4.78 is 6.06. The molecule has 1 aromatic carbocycles. The van der Waals surface area contributed by atoms with Crippen LogP contribution in [0, 0.1) is 0 Å². The number of rotatable bonds is 4. The van der Waals surface area contributed by atoms with E-state index in [0.717, 1.165) is 36.7 Å². The van der Waals surface area contributed by atoms with Crippen molar-refractivity contribution >= 4 is 24.0 Å². The predicted octanol–water partition coefficient (Wildman–Crippen LogP) is 4.02. The van der Waals surface area contributed by atoms with Crippen LogP contribution < -0.4 is 10.1 Å². The number of benzene rings is 1. The van der Waals surface area contributed by atoms with Gasteiger partial charge in [0.05, 0.1) is 0 Å². The average molecular weight is 290 g/mol. The molecule has 1 heterocycles. The van der Waals surface area contributed by atoms with Gasteiger partial charge < -0.3 is 10.1 Å². The molecule has 1 aliphatic rings. The van der Waals surface area contributed by atoms with Crippen LogP contribution in [0.1, 0.15) is 38.2 Å². The van der Waals surface area contributed by atoms with E-state index in [9.17, 15) is 0 Å². The fraction of sp³-hybridized carbons (Fsp3) is 0.571. The lowest BCUT2D eigenvalue weighted by Gasteiger charge is -2.19. The molecule has 4 heteroatoms. The molecule has 102 valence electrons. The lowest BCUT2D eigenvalue weighted by molar-refractivity contribution is 0.220. The molecular weight excluding hydrogens is 269 g/mol. The lowest BCUT2D eigenvalue weighted by Crippen LogP contribution is -2.20. The van der Waals surface area contributed by atoms with Crippen LogP contribution in [0.25, 0.3) is 0 Å². The highest BCUT2D eigenvalue weighted by Gasteiger charge is 2.19. The van der Waals surface area contributed by atoms with Gasteiger partial charge in [-0.3, -0.25) is 0 Å². The van der Waals surface area contributed by atoms with Crippen molar-refractivity contribution in [1.82, 2.24) is 5.32 Å². The van der Waals surface area contributed by atoms with Gasteiger partial charge in [-0.15, -0.1) is 12.4 Å². The van der Waals surface area contributed by atoms with Crippen LogP contribution in [0.2, 0.25) is 5.02 Å². The molecular formula is C14H21Cl2NO. The molecule has 0 aromatic heterocycles. The summed E-state index contributed by atoms with van der Waals surface area (Å²) in [7, 11) is 0. The molecule has 2 atom stereocenters. The van der Waals surface area contributed by atoms with Gasteiger partial charge in [-0.05, 0) is 49.1 Å². The highest BCUT2D eigenvalue weighted by Crippen LogP contribution is 2.32. The van der Waals surface area contributed by atoms with E-state index >= 15 is 0 Å². The average Bonchev–Trinajstić information content (AvgIpc) is 2.83. The molecule has 0 spiro atoms. The zero-order valence-corrected chi connectivity index (χ0v) is 12.5.